The van der Waals surface area contributed by atoms with Crippen molar-refractivity contribution in [2.24, 2.45) is 0 Å². The second kappa shape index (κ2) is 21.5. The topological polar surface area (TPSA) is 31.5 Å². The zero-order valence-corrected chi connectivity index (χ0v) is 3.80. The third-order valence-electron chi connectivity index (χ3n) is 0. The fraction of sp³-hybridized carbons (Fsp3) is 0. The van der Waals surface area contributed by atoms with Gasteiger partial charge in [-0.2, -0.15) is 0 Å². The van der Waals surface area contributed by atoms with Crippen molar-refractivity contribution >= 4 is 18.9 Å². The molecule has 0 aliphatic rings. The van der Waals surface area contributed by atoms with Crippen LogP contribution in [-0.4, -0.2) is 24.3 Å². The van der Waals surface area contributed by atoms with E-state index in [1.807, 2.05) is 0 Å². The second-order valence-electron chi connectivity index (χ2n) is 0. The molecule has 0 heterocycles. The summed E-state index contributed by atoms with van der Waals surface area (Å²) in [5, 5.41) is 0. The van der Waals surface area contributed by atoms with Crippen LogP contribution in [0.15, 0.2) is 0 Å². The van der Waals surface area contributed by atoms with E-state index in [9.17, 15) is 0 Å². The predicted molar refractivity (Wildman–Crippen MR) is 10.8 cm³/mol. The average molecular weight is 137 g/mol. The quantitative estimate of drug-likeness (QED) is 0.365. The summed E-state index contributed by atoms with van der Waals surface area (Å²) in [7, 11) is 0. The van der Waals surface area contributed by atoms with Crippen molar-refractivity contribution in [2.75, 3.05) is 0 Å². The van der Waals surface area contributed by atoms with Crippen LogP contribution in [0.1, 0.15) is 0 Å². The van der Waals surface area contributed by atoms with E-state index in [0.29, 0.717) is 0 Å². The summed E-state index contributed by atoms with van der Waals surface area (Å²) in [5.41, 5.74) is 0. The van der Waals surface area contributed by atoms with Crippen molar-refractivity contribution in [1.82, 2.24) is 0 Å². The molecular weight excluding hydrogens is 134 g/mol. The van der Waals surface area contributed by atoms with Gasteiger partial charge in [0.2, 0.25) is 0 Å². The molecule has 0 aromatic rings. The van der Waals surface area contributed by atoms with Gasteiger partial charge in [-0.05, 0) is 0 Å². The summed E-state index contributed by atoms with van der Waals surface area (Å²) >= 11 is 0. The van der Waals surface area contributed by atoms with Gasteiger partial charge < -0.3 is 5.48 Å². The van der Waals surface area contributed by atoms with Crippen LogP contribution >= 0.6 is 0 Å². The molecule has 1 nitrogen and oxygen atoms in total. The fourth-order valence-electron chi connectivity index (χ4n) is 0. The van der Waals surface area contributed by atoms with E-state index < -0.39 is 0 Å². The average Bonchev–Trinajstić information content (AvgIpc) is 0. The molecule has 0 aromatic heterocycles. The minimum atomic E-state index is 0. The molecule has 0 bridgehead atoms. The first-order valence-electron chi connectivity index (χ1n) is 0. The molecule has 0 aliphatic carbocycles. The van der Waals surface area contributed by atoms with Gasteiger partial charge in [0.25, 0.3) is 0 Å². The van der Waals surface area contributed by atoms with Crippen LogP contribution in [-0.2, 0) is 38.8 Å². The summed E-state index contributed by atoms with van der Waals surface area (Å²) < 4.78 is 0. The standard InChI is InChI=1S/Cu.Li.H2O.Ti.H/h;;1H2;;. The van der Waals surface area contributed by atoms with E-state index >= 15 is 0 Å². The summed E-state index contributed by atoms with van der Waals surface area (Å²) in [4.78, 5) is 0. The van der Waals surface area contributed by atoms with Crippen LogP contribution in [0.3, 0.4) is 0 Å². The van der Waals surface area contributed by atoms with Gasteiger partial charge >= 0.3 is 18.9 Å². The van der Waals surface area contributed by atoms with Crippen molar-refractivity contribution in [3.8, 4) is 0 Å². The van der Waals surface area contributed by atoms with E-state index in [1.165, 1.54) is 0 Å². The van der Waals surface area contributed by atoms with Gasteiger partial charge in [-0.25, -0.2) is 0 Å². The summed E-state index contributed by atoms with van der Waals surface area (Å²) in [6.45, 7) is 0. The van der Waals surface area contributed by atoms with Crippen LogP contribution < -0.4 is 0 Å². The van der Waals surface area contributed by atoms with Gasteiger partial charge in [-0.3, -0.25) is 0 Å². The summed E-state index contributed by atoms with van der Waals surface area (Å²) in [5.74, 6) is 0. The van der Waals surface area contributed by atoms with Gasteiger partial charge in [0.1, 0.15) is 0 Å². The Morgan fingerprint density at radius 3 is 1.00 bits per heavy atom. The molecule has 1 radical (unpaired) electrons. The van der Waals surface area contributed by atoms with Crippen molar-refractivity contribution in [1.29, 1.82) is 0 Å². The molecule has 25 valence electrons. The first-order valence-corrected chi connectivity index (χ1v) is 0. The Kier molecular flexibility index (Phi) is 222. The van der Waals surface area contributed by atoms with Crippen LogP contribution in [0.5, 0.6) is 0 Å². The smallest absolute Gasteiger partial charge is 0 e. The normalized spacial score (nSPS) is 0. The molecule has 0 aliphatic heterocycles. The largest absolute Gasteiger partial charge is 0 e. The number of hydrogen-bond donors (Lipinski definition) is 0. The third kappa shape index (κ3) is 9.21. The Bertz CT molecular complexity index is 8.00. The van der Waals surface area contributed by atoms with Gasteiger partial charge in [0.15, 0.2) is 0 Å². The minimum absolute atomic E-state index is 0. The molecule has 2 N–H and O–H groups in total. The maximum absolute atomic E-state index is 0. The van der Waals surface area contributed by atoms with E-state index in [2.05, 4.69) is 0 Å². The molecule has 0 spiro atoms. The maximum atomic E-state index is 0. The zero-order valence-electron chi connectivity index (χ0n) is 1.30. The SMILES string of the molecule is O.[Cu].[LiH].[Ti]. The van der Waals surface area contributed by atoms with Crippen molar-refractivity contribution in [2.45, 2.75) is 0 Å². The van der Waals surface area contributed by atoms with Gasteiger partial charge in [0.05, 0.1) is 0 Å². The van der Waals surface area contributed by atoms with Crippen LogP contribution in [0.2, 0.25) is 0 Å². The molecule has 0 amide bonds. The van der Waals surface area contributed by atoms with E-state index in [0.717, 1.165) is 0 Å². The van der Waals surface area contributed by atoms with Crippen molar-refractivity contribution in [3.05, 3.63) is 0 Å². The molecule has 0 unspecified atom stereocenters. The first kappa shape index (κ1) is 41.4. The molecule has 0 saturated heterocycles. The molecule has 4 heavy (non-hydrogen) atoms. The summed E-state index contributed by atoms with van der Waals surface area (Å²) in [6.07, 6.45) is 0. The Morgan fingerprint density at radius 1 is 1.00 bits per heavy atom. The molecule has 0 saturated carbocycles. The Balaban J connectivity index is 0. The van der Waals surface area contributed by atoms with Gasteiger partial charge in [-0.1, -0.05) is 0 Å². The van der Waals surface area contributed by atoms with Crippen LogP contribution in [0.25, 0.3) is 0 Å². The van der Waals surface area contributed by atoms with Crippen LogP contribution in [0, 0.1) is 0 Å². The van der Waals surface area contributed by atoms with Gasteiger partial charge in [0, 0.05) is 38.8 Å². The van der Waals surface area contributed by atoms with Gasteiger partial charge in [-0.15, -0.1) is 0 Å². The molecule has 0 aromatic carbocycles. The molecule has 0 fully saturated rings. The molecule has 0 atom stereocenters. The van der Waals surface area contributed by atoms with E-state index in [-0.39, 0.29) is 63.1 Å². The Morgan fingerprint density at radius 2 is 1.00 bits per heavy atom. The first-order chi connectivity index (χ1) is 0. The third-order valence-corrected chi connectivity index (χ3v) is 0. The second-order valence-corrected chi connectivity index (χ2v) is 0. The fourth-order valence-corrected chi connectivity index (χ4v) is 0. The van der Waals surface area contributed by atoms with Crippen molar-refractivity contribution in [3.63, 3.8) is 0 Å². The van der Waals surface area contributed by atoms with Crippen molar-refractivity contribution < 1.29 is 44.3 Å². The molecule has 0 rings (SSSR count). The predicted octanol–water partition coefficient (Wildman–Crippen LogP) is -1.48. The molecule has 4 heteroatoms. The maximum Gasteiger partial charge on any atom is 0 e. The minimum Gasteiger partial charge on any atom is 0 e. The Hall–Kier alpha value is 1.79. The number of rotatable bonds is 0. The van der Waals surface area contributed by atoms with E-state index in [1.54, 1.807) is 0 Å². The Labute approximate surface area is 62.7 Å². The summed E-state index contributed by atoms with van der Waals surface area (Å²) in [6, 6.07) is 0. The zero-order chi connectivity index (χ0) is 0. The number of hydrogen-bond acceptors (Lipinski definition) is 0. The van der Waals surface area contributed by atoms with E-state index in [4.69, 9.17) is 0 Å². The van der Waals surface area contributed by atoms with Crippen LogP contribution in [0.4, 0.5) is 0 Å². The monoisotopic (exact) mass is 137 g/mol. The molecular formula is H3CuLiOTi.